The van der Waals surface area contributed by atoms with Crippen molar-refractivity contribution in [1.82, 2.24) is 0 Å². The molecular formula is C26H48N2O2Rf2-2. The number of hydrogen-bond acceptors (Lipinski definition) is 2. The molecule has 6 heteroatoms. The van der Waals surface area contributed by atoms with Crippen LogP contribution in [0.3, 0.4) is 0 Å². The number of hydrogen-bond donors (Lipinski definition) is 1. The molecule has 2 N–H and O–H groups in total. The van der Waals surface area contributed by atoms with Crippen LogP contribution in [0.15, 0.2) is 60.7 Å². The Hall–Kier alpha value is -3.72. The standard InChI is InChI=1S/C10H14NO.C7H8N.C3H6O.2C2H6.2CH4.2Rf/c1-9(12)7-11-8-10-5-3-2-4-6-10;8-6-7-4-2-1-3-5-7;1-3-2-4-3;2*1-2;;;;/h2-6,9,12H,7-8H2,1H3;1-5,8H,6H2;3H,2H2,1H3;2*1-2H3;2*1H4;;/q2*-1;;;;;;;. The first-order chi connectivity index (χ1) is 13.6. The molecule has 32 heavy (non-hydrogen) atoms. The number of rotatable bonds is 5. The Labute approximate surface area is 187 Å². The third-order valence-electron chi connectivity index (χ3n) is 3.08. The van der Waals surface area contributed by atoms with Crippen LogP contribution in [-0.4, -0.2) is 30.5 Å². The van der Waals surface area contributed by atoms with E-state index < -0.39 is 0 Å². The van der Waals surface area contributed by atoms with Crippen LogP contribution in [0.1, 0.15) is 67.5 Å². The largest absolute Gasteiger partial charge is 0.674 e. The van der Waals surface area contributed by atoms with Crippen LogP contribution < -0.4 is 0 Å². The van der Waals surface area contributed by atoms with E-state index in [2.05, 4.69) is 12.2 Å². The number of nitrogens with one attached hydrogen (secondary N) is 1. The van der Waals surface area contributed by atoms with Gasteiger partial charge in [-0.15, -0.1) is 19.6 Å². The van der Waals surface area contributed by atoms with Crippen molar-refractivity contribution in [2.75, 3.05) is 13.2 Å². The molecule has 0 spiro atoms. The summed E-state index contributed by atoms with van der Waals surface area (Å²) in [5.41, 5.74) is 9.21. The fourth-order valence-corrected chi connectivity index (χ4v) is 1.66. The van der Waals surface area contributed by atoms with Gasteiger partial charge in [0, 0.05) is 6.10 Å². The molecule has 0 saturated carbocycles. The number of ether oxygens (including phenoxy) is 1. The summed E-state index contributed by atoms with van der Waals surface area (Å²) in [4.78, 5) is 0. The van der Waals surface area contributed by atoms with Crippen molar-refractivity contribution in [1.29, 1.82) is 0 Å². The molecule has 1 heterocycles. The van der Waals surface area contributed by atoms with Crippen molar-refractivity contribution in [2.45, 2.75) is 81.7 Å². The van der Waals surface area contributed by atoms with Crippen molar-refractivity contribution in [2.24, 2.45) is 0 Å². The molecule has 1 fully saturated rings. The quantitative estimate of drug-likeness (QED) is 0.310. The van der Waals surface area contributed by atoms with Gasteiger partial charge in [-0.2, -0.15) is 0 Å². The van der Waals surface area contributed by atoms with Gasteiger partial charge in [-0.3, -0.25) is 0 Å². The smallest absolute Gasteiger partial charge is 0.0781 e. The Balaban J connectivity index is -0.0000000743. The first kappa shape index (κ1) is 42.4. The van der Waals surface area contributed by atoms with Crippen LogP contribution in [0, 0.1) is 0 Å². The molecule has 0 bridgehead atoms. The maximum Gasteiger partial charge on any atom is 0.0781 e. The minimum Gasteiger partial charge on any atom is -0.674 e. The Bertz CT molecular complexity index is 526. The molecule has 0 aromatic heterocycles. The Morgan fingerprint density at radius 2 is 1.25 bits per heavy atom. The first-order valence-corrected chi connectivity index (χ1v) is 10.3. The van der Waals surface area contributed by atoms with Crippen LogP contribution in [0.5, 0.6) is 0 Å². The number of epoxide rings is 1. The van der Waals surface area contributed by atoms with Crippen LogP contribution in [0.25, 0.3) is 11.1 Å². The zero-order valence-electron chi connectivity index (χ0n) is 20.0. The van der Waals surface area contributed by atoms with Crippen LogP contribution >= 0.6 is 0 Å². The van der Waals surface area contributed by atoms with E-state index in [1.165, 1.54) is 5.56 Å². The van der Waals surface area contributed by atoms with Gasteiger partial charge in [0.05, 0.1) is 12.7 Å². The SMILES string of the molecule is C.C.CC.CC.CC(O)C[N-]Cc1ccccc1.CC1CO1.[NH-]Cc1ccccc1.[Rf].[Rf]. The Morgan fingerprint density at radius 3 is 1.50 bits per heavy atom. The van der Waals surface area contributed by atoms with E-state index in [-0.39, 0.29) is 21.0 Å². The zero-order valence-corrected chi connectivity index (χ0v) is 32.8. The van der Waals surface area contributed by atoms with E-state index >= 15 is 0 Å². The maximum atomic E-state index is 8.94. The zero-order chi connectivity index (χ0) is 21.6. The number of aliphatic hydroxyl groups is 1. The van der Waals surface area contributed by atoms with Crippen molar-refractivity contribution >= 4 is 0 Å². The summed E-state index contributed by atoms with van der Waals surface area (Å²) in [7, 11) is 0. The van der Waals surface area contributed by atoms with Gasteiger partial charge in [0.1, 0.15) is 0 Å². The summed E-state index contributed by atoms with van der Waals surface area (Å²) in [6, 6.07) is 19.8. The van der Waals surface area contributed by atoms with Gasteiger partial charge in [-0.1, -0.05) is 114 Å². The van der Waals surface area contributed by atoms with Crippen LogP contribution in [0.2, 0.25) is 0 Å². The minimum atomic E-state index is -0.325. The molecular weight excluding hydrogens is 906 g/mol. The fraction of sp³-hybridized carbons (Fsp3) is 0.538. The number of aliphatic hydroxyl groups excluding tert-OH is 1. The second-order valence-corrected chi connectivity index (χ2v) is 5.71. The summed E-state index contributed by atoms with van der Waals surface area (Å²) in [6.07, 6.45) is 0.258. The Morgan fingerprint density at radius 1 is 0.906 bits per heavy atom. The van der Waals surface area contributed by atoms with Crippen LogP contribution in [-0.2, 0) is 17.8 Å². The maximum absolute atomic E-state index is 8.94. The summed E-state index contributed by atoms with van der Waals surface area (Å²) in [5.74, 6) is 0. The molecule has 2 aromatic rings. The summed E-state index contributed by atoms with van der Waals surface area (Å²) >= 11 is 0. The predicted octanol–water partition coefficient (Wildman–Crippen LogP) is 7.91. The van der Waals surface area contributed by atoms with Crippen molar-refractivity contribution in [3.05, 3.63) is 82.8 Å². The van der Waals surface area contributed by atoms with Crippen molar-refractivity contribution < 1.29 is 9.84 Å². The van der Waals surface area contributed by atoms with E-state index in [0.29, 0.717) is 25.7 Å². The molecule has 1 aliphatic heterocycles. The molecule has 2 atom stereocenters. The number of nitrogens with zero attached hydrogens (tertiary/aromatic N) is 1. The first-order valence-electron chi connectivity index (χ1n) is 10.3. The molecule has 4 nitrogen and oxygen atoms in total. The predicted molar refractivity (Wildman–Crippen MR) is 136 cm³/mol. The van der Waals surface area contributed by atoms with Gasteiger partial charge in [0.2, 0.25) is 0 Å². The number of benzene rings is 2. The molecule has 2 aromatic carbocycles. The second-order valence-electron chi connectivity index (χ2n) is 5.71. The Kier molecular flexibility index (Phi) is 42.3. The normalized spacial score (nSPS) is 12.4. The molecule has 0 aliphatic carbocycles. The summed E-state index contributed by atoms with van der Waals surface area (Å²) < 4.78 is 4.71. The van der Waals surface area contributed by atoms with Crippen molar-refractivity contribution in [3.63, 3.8) is 0 Å². The van der Waals surface area contributed by atoms with Gasteiger partial charge in [-0.25, -0.2) is 0 Å². The average Bonchev–Trinajstić information content (AvgIpc) is 3.55. The van der Waals surface area contributed by atoms with Gasteiger partial charge < -0.3 is 20.9 Å². The molecule has 1 aliphatic rings. The van der Waals surface area contributed by atoms with Gasteiger partial charge in [0.15, 0.2) is 0 Å². The van der Waals surface area contributed by atoms with E-state index in [9.17, 15) is 0 Å². The van der Waals surface area contributed by atoms with E-state index in [4.69, 9.17) is 15.6 Å². The van der Waals surface area contributed by atoms with E-state index in [1.54, 1.807) is 6.92 Å². The fourth-order valence-electron chi connectivity index (χ4n) is 1.66. The van der Waals surface area contributed by atoms with Gasteiger partial charge in [0.25, 0.3) is 0 Å². The molecule has 3 rings (SSSR count). The summed E-state index contributed by atoms with van der Waals surface area (Å²) in [5, 5.41) is 13.1. The summed E-state index contributed by atoms with van der Waals surface area (Å²) in [6.45, 7) is 14.4. The van der Waals surface area contributed by atoms with Crippen LogP contribution in [0.4, 0.5) is 0 Å². The third-order valence-corrected chi connectivity index (χ3v) is 3.08. The molecule has 0 amide bonds. The van der Waals surface area contributed by atoms with Gasteiger partial charge >= 0.3 is 0 Å². The van der Waals surface area contributed by atoms with Gasteiger partial charge in [-0.05, 0) is 13.8 Å². The topological polar surface area (TPSA) is 70.7 Å². The van der Waals surface area contributed by atoms with Crippen molar-refractivity contribution in [3.8, 4) is 0 Å². The monoisotopic (exact) mass is 955 g/mol. The molecule has 2 unspecified atom stereocenters. The minimum absolute atomic E-state index is 0. The average molecular weight is 955 g/mol. The molecule has 0 radical (unpaired) electrons. The molecule has 1 saturated heterocycles. The third kappa shape index (κ3) is 31.0. The molecule has 180 valence electrons. The van der Waals surface area contributed by atoms with E-state index in [1.807, 2.05) is 88.4 Å². The van der Waals surface area contributed by atoms with E-state index in [0.717, 1.165) is 12.2 Å². The second kappa shape index (κ2) is 32.0.